The molecule has 1 heterocycles. The number of fused-ring (bicyclic) bond motifs is 1. The van der Waals surface area contributed by atoms with Crippen molar-refractivity contribution in [1.82, 2.24) is 9.78 Å². The number of nitrogens with zero attached hydrogens (tertiary/aromatic N) is 2. The average Bonchev–Trinajstić information content (AvgIpc) is 2.47. The molecule has 0 fully saturated rings. The molecule has 0 aliphatic rings. The van der Waals surface area contributed by atoms with Crippen molar-refractivity contribution in [2.75, 3.05) is 0 Å². The number of aromatic hydroxyl groups is 1. The fraction of sp³-hybridized carbons (Fsp3) is 0.0625. The summed E-state index contributed by atoms with van der Waals surface area (Å²) in [5.74, 6) is -0.357. The first-order valence-electron chi connectivity index (χ1n) is 6.39. The summed E-state index contributed by atoms with van der Waals surface area (Å²) in [4.78, 5) is 23.0. The van der Waals surface area contributed by atoms with Crippen molar-refractivity contribution >= 4 is 16.7 Å². The quantitative estimate of drug-likeness (QED) is 0.743. The van der Waals surface area contributed by atoms with Crippen LogP contribution < -0.4 is 5.56 Å². The predicted octanol–water partition coefficient (Wildman–Crippen LogP) is 2.43. The Morgan fingerprint density at radius 1 is 1.19 bits per heavy atom. The summed E-state index contributed by atoms with van der Waals surface area (Å²) >= 11 is 0. The highest BCUT2D eigenvalue weighted by Gasteiger charge is 2.11. The molecule has 1 N–H and O–H groups in total. The molecule has 21 heavy (non-hydrogen) atoms. The van der Waals surface area contributed by atoms with Crippen LogP contribution >= 0.6 is 0 Å². The molecular formula is C16H12N2O3. The van der Waals surface area contributed by atoms with Crippen LogP contribution in [0, 0.1) is 0 Å². The Labute approximate surface area is 120 Å². The lowest BCUT2D eigenvalue weighted by Crippen LogP contribution is -2.26. The second-order valence-corrected chi connectivity index (χ2v) is 4.70. The number of phenols is 1. The molecular weight excluding hydrogens is 268 g/mol. The van der Waals surface area contributed by atoms with Gasteiger partial charge in [-0.15, -0.1) is 0 Å². The standard InChI is InChI=1S/C16H12N2O3/c1-10(19)18-15(20)8-12(9-17-18)14-7-6-11-4-2-3-5-13(11)16(14)21/h2-9,21H,1H3. The number of carbonyl (C=O) groups is 1. The number of hydrogen-bond acceptors (Lipinski definition) is 4. The number of hydrogen-bond donors (Lipinski definition) is 1. The van der Waals surface area contributed by atoms with Crippen molar-refractivity contribution in [3.05, 3.63) is 59.0 Å². The Morgan fingerprint density at radius 2 is 1.95 bits per heavy atom. The zero-order valence-corrected chi connectivity index (χ0v) is 11.3. The molecule has 5 nitrogen and oxygen atoms in total. The van der Waals surface area contributed by atoms with Gasteiger partial charge in [-0.3, -0.25) is 9.59 Å². The van der Waals surface area contributed by atoms with Gasteiger partial charge in [0.25, 0.3) is 5.56 Å². The molecule has 2 aromatic carbocycles. The summed E-state index contributed by atoms with van der Waals surface area (Å²) in [6, 6.07) is 12.3. The monoisotopic (exact) mass is 280 g/mol. The second-order valence-electron chi connectivity index (χ2n) is 4.70. The zero-order chi connectivity index (χ0) is 15.0. The number of aromatic nitrogens is 2. The van der Waals surface area contributed by atoms with Gasteiger partial charge in [-0.1, -0.05) is 30.3 Å². The first-order valence-corrected chi connectivity index (χ1v) is 6.39. The normalized spacial score (nSPS) is 10.7. The van der Waals surface area contributed by atoms with E-state index in [1.807, 2.05) is 24.3 Å². The summed E-state index contributed by atoms with van der Waals surface area (Å²) in [5, 5.41) is 15.8. The highest BCUT2D eigenvalue weighted by atomic mass is 16.3. The Bertz CT molecular complexity index is 913. The van der Waals surface area contributed by atoms with Gasteiger partial charge < -0.3 is 5.11 Å². The third kappa shape index (κ3) is 2.18. The number of rotatable bonds is 1. The Balaban J connectivity index is 2.21. The SMILES string of the molecule is CC(=O)n1ncc(-c2ccc3ccccc3c2O)cc1=O. The van der Waals surface area contributed by atoms with Gasteiger partial charge in [0.15, 0.2) is 0 Å². The first kappa shape index (κ1) is 13.1. The van der Waals surface area contributed by atoms with E-state index in [0.717, 1.165) is 10.1 Å². The van der Waals surface area contributed by atoms with Crippen molar-refractivity contribution < 1.29 is 9.90 Å². The third-order valence-corrected chi connectivity index (χ3v) is 3.31. The maximum absolute atomic E-state index is 11.8. The topological polar surface area (TPSA) is 72.2 Å². The first-order chi connectivity index (χ1) is 10.1. The molecule has 3 aromatic rings. The molecule has 0 unspecified atom stereocenters. The summed E-state index contributed by atoms with van der Waals surface area (Å²) in [6.45, 7) is 1.27. The molecule has 104 valence electrons. The highest BCUT2D eigenvalue weighted by molar-refractivity contribution is 5.94. The van der Waals surface area contributed by atoms with Crippen LogP contribution in [0.15, 0.2) is 53.5 Å². The van der Waals surface area contributed by atoms with Gasteiger partial charge >= 0.3 is 0 Å². The molecule has 0 saturated heterocycles. The minimum Gasteiger partial charge on any atom is -0.507 e. The molecule has 0 spiro atoms. The fourth-order valence-electron chi connectivity index (χ4n) is 2.28. The van der Waals surface area contributed by atoms with Gasteiger partial charge in [-0.05, 0) is 11.5 Å². The lowest BCUT2D eigenvalue weighted by molar-refractivity contribution is 0.0915. The fourth-order valence-corrected chi connectivity index (χ4v) is 2.28. The molecule has 1 aromatic heterocycles. The van der Waals surface area contributed by atoms with Gasteiger partial charge in [-0.25, -0.2) is 0 Å². The van der Waals surface area contributed by atoms with Crippen molar-refractivity contribution in [1.29, 1.82) is 0 Å². The van der Waals surface area contributed by atoms with E-state index >= 15 is 0 Å². The zero-order valence-electron chi connectivity index (χ0n) is 11.3. The van der Waals surface area contributed by atoms with Crippen LogP contribution in [0.3, 0.4) is 0 Å². The second kappa shape index (κ2) is 4.86. The minimum absolute atomic E-state index is 0.0925. The van der Waals surface area contributed by atoms with E-state index in [2.05, 4.69) is 5.10 Å². The van der Waals surface area contributed by atoms with Crippen LogP contribution in [0.2, 0.25) is 0 Å². The Morgan fingerprint density at radius 3 is 2.67 bits per heavy atom. The van der Waals surface area contributed by atoms with Crippen molar-refractivity contribution in [2.45, 2.75) is 6.92 Å². The average molecular weight is 280 g/mol. The Hall–Kier alpha value is -2.95. The van der Waals surface area contributed by atoms with E-state index in [1.54, 1.807) is 12.1 Å². The largest absolute Gasteiger partial charge is 0.507 e. The van der Waals surface area contributed by atoms with Gasteiger partial charge in [-0.2, -0.15) is 9.78 Å². The maximum Gasteiger partial charge on any atom is 0.274 e. The van der Waals surface area contributed by atoms with Gasteiger partial charge in [0.05, 0.1) is 6.20 Å². The number of phenolic OH excluding ortho intramolecular Hbond substituents is 1. The summed E-state index contributed by atoms with van der Waals surface area (Å²) in [7, 11) is 0. The van der Waals surface area contributed by atoms with Crippen LogP contribution in [0.1, 0.15) is 11.7 Å². The smallest absolute Gasteiger partial charge is 0.274 e. The van der Waals surface area contributed by atoms with Crippen LogP contribution in [-0.4, -0.2) is 20.8 Å². The predicted molar refractivity (Wildman–Crippen MR) is 79.4 cm³/mol. The van der Waals surface area contributed by atoms with Crippen molar-refractivity contribution in [3.63, 3.8) is 0 Å². The van der Waals surface area contributed by atoms with Crippen LogP contribution in [0.4, 0.5) is 0 Å². The van der Waals surface area contributed by atoms with E-state index in [0.29, 0.717) is 16.5 Å². The molecule has 0 bridgehead atoms. The molecule has 0 atom stereocenters. The summed E-state index contributed by atoms with van der Waals surface area (Å²) in [6.07, 6.45) is 1.40. The van der Waals surface area contributed by atoms with E-state index < -0.39 is 11.5 Å². The van der Waals surface area contributed by atoms with Crippen LogP contribution in [0.25, 0.3) is 21.9 Å². The molecule has 3 rings (SSSR count). The van der Waals surface area contributed by atoms with Crippen molar-refractivity contribution in [2.24, 2.45) is 0 Å². The maximum atomic E-state index is 11.8. The molecule has 0 aliphatic carbocycles. The Kier molecular flexibility index (Phi) is 3.02. The van der Waals surface area contributed by atoms with Gasteiger partial charge in [0, 0.05) is 29.5 Å². The third-order valence-electron chi connectivity index (χ3n) is 3.31. The lowest BCUT2D eigenvalue weighted by Gasteiger charge is -2.08. The van der Waals surface area contributed by atoms with Gasteiger partial charge in [0.2, 0.25) is 5.91 Å². The molecule has 0 amide bonds. The summed E-state index contributed by atoms with van der Waals surface area (Å²) in [5.41, 5.74) is 0.460. The van der Waals surface area contributed by atoms with E-state index in [9.17, 15) is 14.7 Å². The van der Waals surface area contributed by atoms with Crippen LogP contribution in [0.5, 0.6) is 5.75 Å². The highest BCUT2D eigenvalue weighted by Crippen LogP contribution is 2.34. The van der Waals surface area contributed by atoms with E-state index in [-0.39, 0.29) is 5.75 Å². The van der Waals surface area contributed by atoms with Crippen LogP contribution in [-0.2, 0) is 0 Å². The summed E-state index contributed by atoms with van der Waals surface area (Å²) < 4.78 is 0.779. The molecule has 5 heteroatoms. The van der Waals surface area contributed by atoms with Gasteiger partial charge in [0.1, 0.15) is 5.75 Å². The number of carbonyl (C=O) groups excluding carboxylic acids is 1. The lowest BCUT2D eigenvalue weighted by atomic mass is 10.0. The molecule has 0 aliphatic heterocycles. The number of benzene rings is 2. The molecule has 0 saturated carbocycles. The van der Waals surface area contributed by atoms with E-state index in [1.165, 1.54) is 19.2 Å². The minimum atomic E-state index is -0.521. The van der Waals surface area contributed by atoms with Crippen molar-refractivity contribution in [3.8, 4) is 16.9 Å². The van der Waals surface area contributed by atoms with E-state index in [4.69, 9.17) is 0 Å². The molecule has 0 radical (unpaired) electrons.